The Kier molecular flexibility index (Phi) is 4.34. The van der Waals surface area contributed by atoms with Crippen molar-refractivity contribution >= 4 is 45.3 Å². The van der Waals surface area contributed by atoms with Gasteiger partial charge in [-0.2, -0.15) is 0 Å². The number of benzene rings is 3. The lowest BCUT2D eigenvalue weighted by Gasteiger charge is -2.05. The van der Waals surface area contributed by atoms with Gasteiger partial charge in [0.25, 0.3) is 5.91 Å². The van der Waals surface area contributed by atoms with Crippen LogP contribution in [0.4, 0.5) is 5.69 Å². The lowest BCUT2D eigenvalue weighted by Crippen LogP contribution is -2.20. The molecule has 0 radical (unpaired) electrons. The normalized spacial score (nSPS) is 11.1. The molecule has 0 bridgehead atoms. The van der Waals surface area contributed by atoms with Crippen molar-refractivity contribution < 1.29 is 13.6 Å². The second-order valence-electron chi connectivity index (χ2n) is 6.65. The highest BCUT2D eigenvalue weighted by Crippen LogP contribution is 2.28. The zero-order valence-electron chi connectivity index (χ0n) is 15.4. The van der Waals surface area contributed by atoms with E-state index in [0.29, 0.717) is 38.7 Å². The van der Waals surface area contributed by atoms with Crippen LogP contribution < -0.4 is 10.9 Å². The molecule has 0 aliphatic heterocycles. The molecule has 1 amide bonds. The predicted molar refractivity (Wildman–Crippen MR) is 115 cm³/mol. The van der Waals surface area contributed by atoms with Gasteiger partial charge in [-0.15, -0.1) is 0 Å². The number of carbonyl (C=O) groups is 1. The van der Waals surface area contributed by atoms with Gasteiger partial charge in [0, 0.05) is 27.7 Å². The van der Waals surface area contributed by atoms with E-state index in [1.54, 1.807) is 54.6 Å². The van der Waals surface area contributed by atoms with Gasteiger partial charge in [-0.1, -0.05) is 35.9 Å². The molecule has 3 aromatic carbocycles. The number of nitrogens with zero attached hydrogens (tertiary/aromatic N) is 1. The second-order valence-corrected chi connectivity index (χ2v) is 7.09. The molecule has 146 valence electrons. The number of rotatable bonds is 3. The van der Waals surface area contributed by atoms with Crippen LogP contribution >= 0.6 is 11.6 Å². The summed E-state index contributed by atoms with van der Waals surface area (Å²) >= 11 is 6.03. The monoisotopic (exact) mass is 416 g/mol. The number of halogens is 1. The maximum Gasteiger partial charge on any atom is 0.349 e. The Bertz CT molecular complexity index is 1490. The van der Waals surface area contributed by atoms with Crippen LogP contribution in [0, 0.1) is 0 Å². The van der Waals surface area contributed by atoms with Gasteiger partial charge >= 0.3 is 5.63 Å². The fourth-order valence-corrected chi connectivity index (χ4v) is 3.36. The Morgan fingerprint density at radius 1 is 0.900 bits per heavy atom. The number of amides is 1. The minimum absolute atomic E-state index is 0.0778. The van der Waals surface area contributed by atoms with Crippen molar-refractivity contribution in [1.82, 2.24) is 4.98 Å². The predicted octanol–water partition coefficient (Wildman–Crippen LogP) is 5.51. The molecule has 7 heteroatoms. The van der Waals surface area contributed by atoms with Gasteiger partial charge in [-0.05, 0) is 42.5 Å². The first-order chi connectivity index (χ1) is 14.6. The lowest BCUT2D eigenvalue weighted by atomic mass is 10.1. The third kappa shape index (κ3) is 3.33. The molecule has 2 aromatic heterocycles. The molecule has 0 fully saturated rings. The Morgan fingerprint density at radius 2 is 1.77 bits per heavy atom. The van der Waals surface area contributed by atoms with Crippen LogP contribution in [0.3, 0.4) is 0 Å². The summed E-state index contributed by atoms with van der Waals surface area (Å²) in [4.78, 5) is 29.3. The number of nitrogens with one attached hydrogen (secondary N) is 1. The highest BCUT2D eigenvalue weighted by Gasteiger charge is 2.15. The van der Waals surface area contributed by atoms with Gasteiger partial charge in [0.1, 0.15) is 16.7 Å². The highest BCUT2D eigenvalue weighted by atomic mass is 35.5. The first kappa shape index (κ1) is 18.1. The van der Waals surface area contributed by atoms with E-state index < -0.39 is 11.5 Å². The Hall–Kier alpha value is -3.90. The zero-order valence-corrected chi connectivity index (χ0v) is 16.1. The fraction of sp³-hybridized carbons (Fsp3) is 0. The summed E-state index contributed by atoms with van der Waals surface area (Å²) in [5.41, 5.74) is 1.99. The Balaban J connectivity index is 1.46. The zero-order chi connectivity index (χ0) is 20.7. The molecule has 6 nitrogen and oxygen atoms in total. The first-order valence-corrected chi connectivity index (χ1v) is 9.45. The van der Waals surface area contributed by atoms with E-state index in [1.807, 2.05) is 12.1 Å². The second kappa shape index (κ2) is 7.17. The molecule has 0 spiro atoms. The molecule has 1 N–H and O–H groups in total. The molecule has 0 aliphatic rings. The van der Waals surface area contributed by atoms with Crippen molar-refractivity contribution in [2.24, 2.45) is 0 Å². The minimum Gasteiger partial charge on any atom is -0.436 e. The number of fused-ring (bicyclic) bond motifs is 2. The molecular formula is C23H13ClN2O4. The Morgan fingerprint density at radius 3 is 2.63 bits per heavy atom. The summed E-state index contributed by atoms with van der Waals surface area (Å²) in [6, 6.07) is 20.8. The maximum absolute atomic E-state index is 12.6. The molecule has 0 unspecified atom stereocenters. The van der Waals surface area contributed by atoms with Crippen molar-refractivity contribution in [3.05, 3.63) is 93.8 Å². The highest BCUT2D eigenvalue weighted by molar-refractivity contribution is 6.30. The summed E-state index contributed by atoms with van der Waals surface area (Å²) in [6.45, 7) is 0. The molecule has 0 aliphatic carbocycles. The van der Waals surface area contributed by atoms with Gasteiger partial charge in [-0.3, -0.25) is 4.79 Å². The topological polar surface area (TPSA) is 85.3 Å². The third-order valence-corrected chi connectivity index (χ3v) is 4.84. The molecular weight excluding hydrogens is 404 g/mol. The quantitative estimate of drug-likeness (QED) is 0.392. The van der Waals surface area contributed by atoms with Gasteiger partial charge < -0.3 is 14.2 Å². The number of hydrogen-bond donors (Lipinski definition) is 1. The molecule has 5 rings (SSSR count). The average Bonchev–Trinajstić information content (AvgIpc) is 3.16. The number of anilines is 1. The van der Waals surface area contributed by atoms with Crippen LogP contribution in [0.5, 0.6) is 0 Å². The van der Waals surface area contributed by atoms with E-state index >= 15 is 0 Å². The molecule has 0 atom stereocenters. The number of hydrogen-bond acceptors (Lipinski definition) is 5. The standard InChI is InChI=1S/C23H13ClN2O4/c24-15-6-3-5-14(10-15)22-26-18-9-8-16(12-20(18)29-22)25-21(27)17-11-13-4-1-2-7-19(13)30-23(17)28/h1-12H,(H,25,27). The maximum atomic E-state index is 12.6. The fourth-order valence-electron chi connectivity index (χ4n) is 3.17. The summed E-state index contributed by atoms with van der Waals surface area (Å²) in [7, 11) is 0. The number of aromatic nitrogens is 1. The molecule has 30 heavy (non-hydrogen) atoms. The van der Waals surface area contributed by atoms with Crippen LogP contribution in [0.15, 0.2) is 86.4 Å². The molecule has 2 heterocycles. The molecule has 5 aromatic rings. The lowest BCUT2D eigenvalue weighted by molar-refractivity contribution is 0.102. The van der Waals surface area contributed by atoms with Crippen molar-refractivity contribution in [2.75, 3.05) is 5.32 Å². The van der Waals surface area contributed by atoms with E-state index in [9.17, 15) is 9.59 Å². The van der Waals surface area contributed by atoms with Crippen LogP contribution in [-0.4, -0.2) is 10.9 Å². The van der Waals surface area contributed by atoms with E-state index in [-0.39, 0.29) is 5.56 Å². The van der Waals surface area contributed by atoms with Gasteiger partial charge in [0.05, 0.1) is 0 Å². The van der Waals surface area contributed by atoms with E-state index in [4.69, 9.17) is 20.4 Å². The van der Waals surface area contributed by atoms with E-state index in [1.165, 1.54) is 6.07 Å². The van der Waals surface area contributed by atoms with Crippen molar-refractivity contribution in [1.29, 1.82) is 0 Å². The van der Waals surface area contributed by atoms with Crippen LogP contribution in [0.2, 0.25) is 5.02 Å². The average molecular weight is 417 g/mol. The van der Waals surface area contributed by atoms with Gasteiger partial charge in [0.15, 0.2) is 5.58 Å². The summed E-state index contributed by atoms with van der Waals surface area (Å²) in [6.07, 6.45) is 0. The number of para-hydroxylation sites is 1. The minimum atomic E-state index is -0.699. The van der Waals surface area contributed by atoms with Crippen LogP contribution in [0.1, 0.15) is 10.4 Å². The first-order valence-electron chi connectivity index (χ1n) is 9.08. The SMILES string of the molecule is O=C(Nc1ccc2nc(-c3cccc(Cl)c3)oc2c1)c1cc2ccccc2oc1=O. The number of carbonyl (C=O) groups excluding carboxylic acids is 1. The van der Waals surface area contributed by atoms with Gasteiger partial charge in [0.2, 0.25) is 5.89 Å². The summed E-state index contributed by atoms with van der Waals surface area (Å²) in [5.74, 6) is -0.144. The van der Waals surface area contributed by atoms with Crippen LogP contribution in [0.25, 0.3) is 33.5 Å². The van der Waals surface area contributed by atoms with Crippen molar-refractivity contribution in [3.63, 3.8) is 0 Å². The van der Waals surface area contributed by atoms with Crippen molar-refractivity contribution in [3.8, 4) is 11.5 Å². The smallest absolute Gasteiger partial charge is 0.349 e. The van der Waals surface area contributed by atoms with Crippen molar-refractivity contribution in [2.45, 2.75) is 0 Å². The summed E-state index contributed by atoms with van der Waals surface area (Å²) < 4.78 is 11.0. The third-order valence-electron chi connectivity index (χ3n) is 4.60. The molecule has 0 saturated carbocycles. The largest absolute Gasteiger partial charge is 0.436 e. The Labute approximate surface area is 174 Å². The van der Waals surface area contributed by atoms with Gasteiger partial charge in [-0.25, -0.2) is 9.78 Å². The molecule has 0 saturated heterocycles. The van der Waals surface area contributed by atoms with E-state index in [0.717, 1.165) is 5.56 Å². The van der Waals surface area contributed by atoms with Crippen LogP contribution in [-0.2, 0) is 0 Å². The summed E-state index contributed by atoms with van der Waals surface area (Å²) in [5, 5.41) is 3.95. The van der Waals surface area contributed by atoms with E-state index in [2.05, 4.69) is 10.3 Å². The number of oxazole rings is 1.